The molecule has 9 heavy (non-hydrogen) atoms. The fourth-order valence-electron chi connectivity index (χ4n) is 1.01. The van der Waals surface area contributed by atoms with Crippen LogP contribution in [0.25, 0.3) is 0 Å². The molecule has 0 aliphatic carbocycles. The molecule has 1 saturated heterocycles. The first-order chi connectivity index (χ1) is 4.22. The van der Waals surface area contributed by atoms with Crippen molar-refractivity contribution < 1.29 is 4.79 Å². The minimum atomic E-state index is -0.193. The van der Waals surface area contributed by atoms with Crippen molar-refractivity contribution in [3.8, 4) is 0 Å². The second kappa shape index (κ2) is 2.83. The Morgan fingerprint density at radius 1 is 1.78 bits per heavy atom. The summed E-state index contributed by atoms with van der Waals surface area (Å²) in [7, 11) is 0. The summed E-state index contributed by atoms with van der Waals surface area (Å²) in [5.41, 5.74) is 5.10. The van der Waals surface area contributed by atoms with Crippen LogP contribution in [0.3, 0.4) is 0 Å². The first-order valence-electron chi connectivity index (χ1n) is 2.93. The third kappa shape index (κ3) is 1.54. The van der Waals surface area contributed by atoms with E-state index in [9.17, 15) is 4.79 Å². The molecule has 1 aliphatic rings. The number of nitrogens with two attached hydrogens (primary N) is 1. The molecule has 1 fully saturated rings. The van der Waals surface area contributed by atoms with Crippen LogP contribution in [0.2, 0.25) is 0 Å². The summed E-state index contributed by atoms with van der Waals surface area (Å²) in [6, 6.07) is -0.00870. The van der Waals surface area contributed by atoms with E-state index in [1.54, 1.807) is 0 Å². The molecule has 0 bridgehead atoms. The topological polar surface area (TPSA) is 46.3 Å². The van der Waals surface area contributed by atoms with E-state index in [0.717, 1.165) is 19.4 Å². The zero-order valence-corrected chi connectivity index (χ0v) is 7.17. The van der Waals surface area contributed by atoms with E-state index in [-0.39, 0.29) is 11.9 Å². The number of hydrogen-bond acceptors (Lipinski definition) is 2. The van der Waals surface area contributed by atoms with Gasteiger partial charge in [0, 0.05) is 29.4 Å². The molecule has 1 heterocycles. The van der Waals surface area contributed by atoms with Gasteiger partial charge in [0.25, 0.3) is 0 Å². The van der Waals surface area contributed by atoms with Gasteiger partial charge in [0.1, 0.15) is 0 Å². The molecule has 0 radical (unpaired) electrons. The van der Waals surface area contributed by atoms with Crippen molar-refractivity contribution in [2.75, 3.05) is 6.54 Å². The minimum absolute atomic E-state index is 0.00870. The molecule has 1 atom stereocenters. The third-order valence-corrected chi connectivity index (χ3v) is 2.67. The van der Waals surface area contributed by atoms with Crippen molar-refractivity contribution in [2.45, 2.75) is 18.9 Å². The SMILES string of the molecule is NC(=O)[C@@H]1CCCN1I. The van der Waals surface area contributed by atoms with Crippen LogP contribution in [-0.4, -0.2) is 21.6 Å². The van der Waals surface area contributed by atoms with E-state index in [1.807, 2.05) is 3.11 Å². The molecule has 4 heteroatoms. The number of rotatable bonds is 1. The standard InChI is InChI=1S/C5H9IN2O/c6-8-3-1-2-4(8)5(7)9/h4H,1-3H2,(H2,7,9)/t4-/m0/s1. The summed E-state index contributed by atoms with van der Waals surface area (Å²) in [6.07, 6.45) is 2.02. The largest absolute Gasteiger partial charge is 0.368 e. The van der Waals surface area contributed by atoms with Crippen LogP contribution < -0.4 is 5.73 Å². The summed E-state index contributed by atoms with van der Waals surface area (Å²) < 4.78 is 1.97. The van der Waals surface area contributed by atoms with Crippen LogP contribution in [0.4, 0.5) is 0 Å². The van der Waals surface area contributed by atoms with Crippen LogP contribution in [0.5, 0.6) is 0 Å². The average molecular weight is 240 g/mol. The van der Waals surface area contributed by atoms with Gasteiger partial charge in [0.15, 0.2) is 0 Å². The minimum Gasteiger partial charge on any atom is -0.368 e. The highest BCUT2D eigenvalue weighted by Gasteiger charge is 2.26. The number of halogens is 1. The van der Waals surface area contributed by atoms with Crippen LogP contribution in [0.15, 0.2) is 0 Å². The van der Waals surface area contributed by atoms with Crippen LogP contribution in [0, 0.1) is 0 Å². The Bertz CT molecular complexity index is 128. The van der Waals surface area contributed by atoms with Crippen molar-refractivity contribution in [3.05, 3.63) is 0 Å². The van der Waals surface area contributed by atoms with Crippen molar-refractivity contribution in [1.29, 1.82) is 0 Å². The van der Waals surface area contributed by atoms with E-state index >= 15 is 0 Å². The first kappa shape index (κ1) is 7.27. The van der Waals surface area contributed by atoms with Gasteiger partial charge in [0.05, 0.1) is 6.04 Å². The number of nitrogens with zero attached hydrogens (tertiary/aromatic N) is 1. The maximum absolute atomic E-state index is 10.6. The van der Waals surface area contributed by atoms with Gasteiger partial charge in [-0.2, -0.15) is 0 Å². The van der Waals surface area contributed by atoms with Crippen LogP contribution >= 0.6 is 22.9 Å². The fraction of sp³-hybridized carbons (Fsp3) is 0.800. The van der Waals surface area contributed by atoms with Crippen LogP contribution in [0.1, 0.15) is 12.8 Å². The van der Waals surface area contributed by atoms with Gasteiger partial charge in [-0.25, -0.2) is 3.11 Å². The average Bonchev–Trinajstić information content (AvgIpc) is 2.13. The van der Waals surface area contributed by atoms with E-state index in [0.29, 0.717) is 0 Å². The Morgan fingerprint density at radius 3 is 2.67 bits per heavy atom. The molecular formula is C5H9IN2O. The first-order valence-corrected chi connectivity index (χ1v) is 3.90. The van der Waals surface area contributed by atoms with Crippen molar-refractivity contribution in [3.63, 3.8) is 0 Å². The van der Waals surface area contributed by atoms with Gasteiger partial charge in [-0.05, 0) is 12.8 Å². The molecule has 2 N–H and O–H groups in total. The Balaban J connectivity index is 2.49. The fourth-order valence-corrected chi connectivity index (χ4v) is 1.91. The number of primary amides is 1. The highest BCUT2D eigenvalue weighted by Crippen LogP contribution is 2.20. The lowest BCUT2D eigenvalue weighted by molar-refractivity contribution is -0.120. The van der Waals surface area contributed by atoms with Gasteiger partial charge >= 0.3 is 0 Å². The molecule has 0 aromatic heterocycles. The molecule has 0 spiro atoms. The van der Waals surface area contributed by atoms with Gasteiger partial charge < -0.3 is 5.73 Å². The van der Waals surface area contributed by atoms with E-state index in [1.165, 1.54) is 0 Å². The lowest BCUT2D eigenvalue weighted by Gasteiger charge is -2.11. The van der Waals surface area contributed by atoms with Crippen LogP contribution in [-0.2, 0) is 4.79 Å². The molecule has 0 aromatic carbocycles. The second-order valence-electron chi connectivity index (χ2n) is 2.18. The monoisotopic (exact) mass is 240 g/mol. The number of carbonyl (C=O) groups is 1. The predicted octanol–water partition coefficient (Wildman–Crippen LogP) is 0.286. The summed E-state index contributed by atoms with van der Waals surface area (Å²) in [5, 5.41) is 0. The molecule has 52 valence electrons. The normalized spacial score (nSPS) is 28.8. The zero-order chi connectivity index (χ0) is 6.85. The Hall–Kier alpha value is 0.160. The lowest BCUT2D eigenvalue weighted by Crippen LogP contribution is -2.34. The van der Waals surface area contributed by atoms with Gasteiger partial charge in [-0.15, -0.1) is 0 Å². The molecule has 3 nitrogen and oxygen atoms in total. The quantitative estimate of drug-likeness (QED) is 0.528. The van der Waals surface area contributed by atoms with E-state index < -0.39 is 0 Å². The zero-order valence-electron chi connectivity index (χ0n) is 5.01. The second-order valence-corrected chi connectivity index (χ2v) is 3.42. The predicted molar refractivity (Wildman–Crippen MR) is 42.9 cm³/mol. The Morgan fingerprint density at radius 2 is 2.44 bits per heavy atom. The Kier molecular flexibility index (Phi) is 2.29. The van der Waals surface area contributed by atoms with E-state index in [2.05, 4.69) is 22.9 Å². The molecule has 1 aliphatic heterocycles. The molecule has 0 aromatic rings. The lowest BCUT2D eigenvalue weighted by atomic mass is 10.2. The number of hydrogen-bond donors (Lipinski definition) is 1. The van der Waals surface area contributed by atoms with Crippen molar-refractivity contribution in [1.82, 2.24) is 3.11 Å². The summed E-state index contributed by atoms with van der Waals surface area (Å²) in [6.45, 7) is 0.994. The highest BCUT2D eigenvalue weighted by atomic mass is 127. The smallest absolute Gasteiger partial charge is 0.235 e. The van der Waals surface area contributed by atoms with Crippen molar-refractivity contribution >= 4 is 28.8 Å². The van der Waals surface area contributed by atoms with Gasteiger partial charge in [-0.1, -0.05) is 0 Å². The highest BCUT2D eigenvalue weighted by molar-refractivity contribution is 14.1. The molecule has 1 amide bonds. The van der Waals surface area contributed by atoms with Crippen molar-refractivity contribution in [2.24, 2.45) is 5.73 Å². The summed E-state index contributed by atoms with van der Waals surface area (Å²) in [5.74, 6) is -0.193. The summed E-state index contributed by atoms with van der Waals surface area (Å²) >= 11 is 2.14. The van der Waals surface area contributed by atoms with E-state index in [4.69, 9.17) is 5.73 Å². The number of amides is 1. The maximum Gasteiger partial charge on any atom is 0.235 e. The molecular weight excluding hydrogens is 231 g/mol. The maximum atomic E-state index is 10.6. The summed E-state index contributed by atoms with van der Waals surface area (Å²) in [4.78, 5) is 10.6. The molecule has 0 saturated carbocycles. The van der Waals surface area contributed by atoms with Gasteiger partial charge in [-0.3, -0.25) is 4.79 Å². The molecule has 1 rings (SSSR count). The molecule has 0 unspecified atom stereocenters. The number of carbonyl (C=O) groups excluding carboxylic acids is 1. The Labute approximate surface area is 68.1 Å². The van der Waals surface area contributed by atoms with Gasteiger partial charge in [0.2, 0.25) is 5.91 Å². The third-order valence-electron chi connectivity index (χ3n) is 1.52.